The third-order valence-electron chi connectivity index (χ3n) is 1.62. The van der Waals surface area contributed by atoms with Gasteiger partial charge in [-0.1, -0.05) is 12.7 Å². The van der Waals surface area contributed by atoms with Crippen molar-refractivity contribution in [1.82, 2.24) is 0 Å². The molecule has 2 nitrogen and oxygen atoms in total. The number of ether oxygens (including phenoxy) is 2. The predicted molar refractivity (Wildman–Crippen MR) is 48.3 cm³/mol. The Morgan fingerprint density at radius 2 is 2.00 bits per heavy atom. The van der Waals surface area contributed by atoms with E-state index in [1.807, 2.05) is 18.2 Å². The van der Waals surface area contributed by atoms with Crippen LogP contribution in [0.4, 0.5) is 0 Å². The maximum atomic E-state index is 5.39. The molecule has 0 unspecified atom stereocenters. The van der Waals surface area contributed by atoms with Gasteiger partial charge in [0.1, 0.15) is 11.5 Å². The molecular formula is C10H11O2. The number of hydrogen-bond donors (Lipinski definition) is 0. The molecule has 0 atom stereocenters. The molecule has 0 saturated heterocycles. The molecule has 0 aliphatic heterocycles. The summed E-state index contributed by atoms with van der Waals surface area (Å²) in [5, 5.41) is 0. The highest BCUT2D eigenvalue weighted by Gasteiger charge is 1.99. The maximum absolute atomic E-state index is 5.39. The van der Waals surface area contributed by atoms with E-state index in [0.29, 0.717) is 0 Å². The lowest BCUT2D eigenvalue weighted by Gasteiger charge is -2.06. The van der Waals surface area contributed by atoms with Crippen LogP contribution in [0.2, 0.25) is 0 Å². The lowest BCUT2D eigenvalue weighted by molar-refractivity contribution is 0.402. The molecule has 1 radical (unpaired) electrons. The van der Waals surface area contributed by atoms with E-state index in [1.165, 1.54) is 6.08 Å². The summed E-state index contributed by atoms with van der Waals surface area (Å²) in [5.74, 6) is 1.52. The Kier molecular flexibility index (Phi) is 2.75. The molecule has 0 spiro atoms. The van der Waals surface area contributed by atoms with Gasteiger partial charge < -0.3 is 9.47 Å². The second kappa shape index (κ2) is 3.81. The van der Waals surface area contributed by atoms with Crippen LogP contribution in [-0.4, -0.2) is 14.2 Å². The van der Waals surface area contributed by atoms with E-state index >= 15 is 0 Å². The summed E-state index contributed by atoms with van der Waals surface area (Å²) in [4.78, 5) is 0. The molecule has 0 N–H and O–H groups in total. The summed E-state index contributed by atoms with van der Waals surface area (Å²) in [6.45, 7) is 5.39. The standard InChI is InChI=1S/C10H11O2/c1-4-8-7-9(11-2)5-6-10(8)12-3/h1,4-7H,2-3H3. The first-order valence-corrected chi connectivity index (χ1v) is 3.58. The number of rotatable bonds is 3. The van der Waals surface area contributed by atoms with Crippen LogP contribution in [0.15, 0.2) is 18.2 Å². The van der Waals surface area contributed by atoms with Gasteiger partial charge in [0.05, 0.1) is 14.2 Å². The second-order valence-electron chi connectivity index (χ2n) is 2.27. The van der Waals surface area contributed by atoms with Gasteiger partial charge in [-0.15, -0.1) is 0 Å². The normalized spacial score (nSPS) is 9.17. The highest BCUT2D eigenvalue weighted by Crippen LogP contribution is 2.24. The zero-order chi connectivity index (χ0) is 8.97. The van der Waals surface area contributed by atoms with Crippen molar-refractivity contribution in [3.05, 3.63) is 30.3 Å². The number of hydrogen-bond acceptors (Lipinski definition) is 2. The van der Waals surface area contributed by atoms with Crippen LogP contribution in [0.1, 0.15) is 5.56 Å². The lowest BCUT2D eigenvalue weighted by atomic mass is 10.2. The Balaban J connectivity index is 3.10. The fourth-order valence-corrected chi connectivity index (χ4v) is 0.970. The SMILES string of the molecule is [CH]=Cc1cc(OC)ccc1OC. The van der Waals surface area contributed by atoms with E-state index in [0.717, 1.165) is 17.1 Å². The molecule has 0 saturated carbocycles. The number of methoxy groups -OCH3 is 2. The zero-order valence-electron chi connectivity index (χ0n) is 7.20. The van der Waals surface area contributed by atoms with Crippen LogP contribution in [0.25, 0.3) is 6.08 Å². The molecule has 0 aliphatic carbocycles. The Hall–Kier alpha value is -1.44. The van der Waals surface area contributed by atoms with Crippen molar-refractivity contribution in [1.29, 1.82) is 0 Å². The van der Waals surface area contributed by atoms with E-state index in [4.69, 9.17) is 16.1 Å². The van der Waals surface area contributed by atoms with Gasteiger partial charge in [0.25, 0.3) is 0 Å². The molecule has 1 aromatic rings. The van der Waals surface area contributed by atoms with Gasteiger partial charge in [-0.25, -0.2) is 0 Å². The summed E-state index contributed by atoms with van der Waals surface area (Å²) < 4.78 is 10.1. The van der Waals surface area contributed by atoms with Gasteiger partial charge in [-0.05, 0) is 18.2 Å². The molecule has 0 amide bonds. The summed E-state index contributed by atoms with van der Waals surface area (Å²) >= 11 is 0. The molecule has 12 heavy (non-hydrogen) atoms. The van der Waals surface area contributed by atoms with Gasteiger partial charge in [0.15, 0.2) is 0 Å². The summed E-state index contributed by atoms with van der Waals surface area (Å²) in [7, 11) is 3.22. The maximum Gasteiger partial charge on any atom is 0.126 e. The number of benzene rings is 1. The van der Waals surface area contributed by atoms with Gasteiger partial charge in [0.2, 0.25) is 0 Å². The average Bonchev–Trinajstić information content (AvgIpc) is 2.16. The fourth-order valence-electron chi connectivity index (χ4n) is 0.970. The highest BCUT2D eigenvalue weighted by atomic mass is 16.5. The van der Waals surface area contributed by atoms with Crippen LogP contribution in [0.3, 0.4) is 0 Å². The molecular weight excluding hydrogens is 152 g/mol. The minimum absolute atomic E-state index is 0.748. The van der Waals surface area contributed by atoms with Crippen molar-refractivity contribution in [2.45, 2.75) is 0 Å². The first kappa shape index (κ1) is 8.65. The molecule has 0 fully saturated rings. The van der Waals surface area contributed by atoms with E-state index in [2.05, 4.69) is 0 Å². The third-order valence-corrected chi connectivity index (χ3v) is 1.62. The topological polar surface area (TPSA) is 18.5 Å². The van der Waals surface area contributed by atoms with Crippen LogP contribution in [-0.2, 0) is 0 Å². The highest BCUT2D eigenvalue weighted by molar-refractivity contribution is 5.57. The summed E-state index contributed by atoms with van der Waals surface area (Å²) in [6, 6.07) is 5.46. The van der Waals surface area contributed by atoms with Gasteiger partial charge >= 0.3 is 0 Å². The van der Waals surface area contributed by atoms with Crippen molar-refractivity contribution in [2.24, 2.45) is 0 Å². The third kappa shape index (κ3) is 1.59. The summed E-state index contributed by atoms with van der Waals surface area (Å²) in [5.41, 5.74) is 0.830. The Morgan fingerprint density at radius 1 is 1.25 bits per heavy atom. The van der Waals surface area contributed by atoms with Crippen LogP contribution in [0, 0.1) is 6.58 Å². The van der Waals surface area contributed by atoms with Crippen molar-refractivity contribution in [3.63, 3.8) is 0 Å². The molecule has 0 aromatic heterocycles. The van der Waals surface area contributed by atoms with Crippen molar-refractivity contribution in [2.75, 3.05) is 14.2 Å². The van der Waals surface area contributed by atoms with Crippen molar-refractivity contribution < 1.29 is 9.47 Å². The summed E-state index contributed by atoms with van der Waals surface area (Å²) in [6.07, 6.45) is 1.49. The first-order valence-electron chi connectivity index (χ1n) is 3.58. The Labute approximate surface area is 72.4 Å². The lowest BCUT2D eigenvalue weighted by Crippen LogP contribution is -1.88. The van der Waals surface area contributed by atoms with Crippen LogP contribution >= 0.6 is 0 Å². The Bertz CT molecular complexity index is 279. The zero-order valence-corrected chi connectivity index (χ0v) is 7.20. The second-order valence-corrected chi connectivity index (χ2v) is 2.27. The minimum atomic E-state index is 0.748. The van der Waals surface area contributed by atoms with Gasteiger partial charge in [0, 0.05) is 5.56 Å². The monoisotopic (exact) mass is 163 g/mol. The predicted octanol–water partition coefficient (Wildman–Crippen LogP) is 2.15. The van der Waals surface area contributed by atoms with E-state index in [-0.39, 0.29) is 0 Å². The quantitative estimate of drug-likeness (QED) is 0.679. The molecule has 1 rings (SSSR count). The first-order chi connectivity index (χ1) is 5.81. The molecule has 0 heterocycles. The van der Waals surface area contributed by atoms with E-state index < -0.39 is 0 Å². The molecule has 2 heteroatoms. The van der Waals surface area contributed by atoms with Gasteiger partial charge in [-0.2, -0.15) is 0 Å². The average molecular weight is 163 g/mol. The fraction of sp³-hybridized carbons (Fsp3) is 0.200. The smallest absolute Gasteiger partial charge is 0.126 e. The molecule has 63 valence electrons. The van der Waals surface area contributed by atoms with Crippen LogP contribution < -0.4 is 9.47 Å². The molecule has 1 aromatic carbocycles. The molecule has 0 aliphatic rings. The largest absolute Gasteiger partial charge is 0.497 e. The van der Waals surface area contributed by atoms with Crippen LogP contribution in [0.5, 0.6) is 11.5 Å². The van der Waals surface area contributed by atoms with Gasteiger partial charge in [-0.3, -0.25) is 0 Å². The molecule has 0 bridgehead atoms. The van der Waals surface area contributed by atoms with Crippen molar-refractivity contribution in [3.8, 4) is 11.5 Å². The minimum Gasteiger partial charge on any atom is -0.497 e. The van der Waals surface area contributed by atoms with E-state index in [9.17, 15) is 0 Å². The Morgan fingerprint density at radius 3 is 2.50 bits per heavy atom. The van der Waals surface area contributed by atoms with E-state index in [1.54, 1.807) is 14.2 Å². The van der Waals surface area contributed by atoms with Crippen molar-refractivity contribution >= 4 is 6.08 Å².